The van der Waals surface area contributed by atoms with Gasteiger partial charge in [0.2, 0.25) is 0 Å². The highest BCUT2D eigenvalue weighted by Crippen LogP contribution is 2.53. The summed E-state index contributed by atoms with van der Waals surface area (Å²) in [5, 5.41) is 12.4. The fraction of sp³-hybridized carbons (Fsp3) is 0.415. The van der Waals surface area contributed by atoms with Gasteiger partial charge < -0.3 is 28.3 Å². The zero-order valence-electron chi connectivity index (χ0n) is 41.2. The molecular formula is C53H66N7O6PSi. The Balaban J connectivity index is 1.40. The van der Waals surface area contributed by atoms with E-state index in [0.717, 1.165) is 27.8 Å². The van der Waals surface area contributed by atoms with Crippen LogP contribution in [0.4, 0.5) is 5.82 Å². The van der Waals surface area contributed by atoms with Gasteiger partial charge in [0, 0.05) is 17.6 Å². The lowest BCUT2D eigenvalue weighted by atomic mass is 9.79. The van der Waals surface area contributed by atoms with Crippen molar-refractivity contribution >= 4 is 39.7 Å². The average molecular weight is 956 g/mol. The lowest BCUT2D eigenvalue weighted by molar-refractivity contribution is -0.0927. The summed E-state index contributed by atoms with van der Waals surface area (Å²) in [5.41, 5.74) is 5.36. The Morgan fingerprint density at radius 2 is 1.41 bits per heavy atom. The molecule has 1 aliphatic heterocycles. The van der Waals surface area contributed by atoms with Crippen LogP contribution in [-0.2, 0) is 28.5 Å². The van der Waals surface area contributed by atoms with Crippen molar-refractivity contribution in [2.75, 3.05) is 18.5 Å². The van der Waals surface area contributed by atoms with Crippen LogP contribution < -0.4 is 5.32 Å². The second kappa shape index (κ2) is 21.6. The van der Waals surface area contributed by atoms with Gasteiger partial charge in [-0.1, -0.05) is 129 Å². The summed E-state index contributed by atoms with van der Waals surface area (Å²) in [6, 6.07) is 38.6. The van der Waals surface area contributed by atoms with E-state index in [0.29, 0.717) is 16.7 Å². The maximum Gasteiger partial charge on any atom is 0.259 e. The summed E-state index contributed by atoms with van der Waals surface area (Å²) in [6.07, 6.45) is 0.142. The van der Waals surface area contributed by atoms with E-state index in [1.807, 2.05) is 41.0 Å². The summed E-state index contributed by atoms with van der Waals surface area (Å²) < 4.78 is 40.6. The number of carbonyl (C=O) groups excluding carboxylic acids is 1. The number of imidazole rings is 1. The Morgan fingerprint density at radius 3 is 1.97 bits per heavy atom. The number of carbonyl (C=O) groups is 1. The summed E-state index contributed by atoms with van der Waals surface area (Å²) in [6.45, 7) is 24.0. The van der Waals surface area contributed by atoms with E-state index in [1.165, 1.54) is 6.33 Å². The molecule has 1 saturated heterocycles. The van der Waals surface area contributed by atoms with Crippen molar-refractivity contribution in [2.45, 2.75) is 129 Å². The highest BCUT2D eigenvalue weighted by molar-refractivity contribution is 7.44. The SMILES string of the molecule is Cc1ccc(C(OC[C@H]2O[C@@H](n3cnc4c(NC(=O)c5ccccc5)ncnc43)C(OP(OCCC#N)N(C(C)C)C(C)C)[C@H]2O[Si](C)(C)C(C)(C)C)(c2ccccc2)c2ccc(C)cc2)cc1. The smallest absolute Gasteiger partial charge is 0.259 e. The van der Waals surface area contributed by atoms with Crippen molar-refractivity contribution in [3.8, 4) is 6.07 Å². The van der Waals surface area contributed by atoms with Crippen molar-refractivity contribution in [1.82, 2.24) is 24.2 Å². The quantitative estimate of drug-likeness (QED) is 0.0358. The monoisotopic (exact) mass is 955 g/mol. The summed E-state index contributed by atoms with van der Waals surface area (Å²) >= 11 is 0. The van der Waals surface area contributed by atoms with Gasteiger partial charge in [-0.2, -0.15) is 5.26 Å². The minimum absolute atomic E-state index is 0.0240. The van der Waals surface area contributed by atoms with Crippen LogP contribution in [0.3, 0.4) is 0 Å². The van der Waals surface area contributed by atoms with Crippen molar-refractivity contribution < 1.29 is 27.7 Å². The Labute approximate surface area is 404 Å². The lowest BCUT2D eigenvalue weighted by Crippen LogP contribution is -2.51. The van der Waals surface area contributed by atoms with Gasteiger partial charge >= 0.3 is 0 Å². The second-order valence-corrected chi connectivity index (χ2v) is 25.6. The maximum absolute atomic E-state index is 13.5. The molecule has 3 heterocycles. The van der Waals surface area contributed by atoms with Gasteiger partial charge in [0.15, 0.2) is 31.5 Å². The molecule has 1 N–H and O–H groups in total. The van der Waals surface area contributed by atoms with Gasteiger partial charge in [-0.3, -0.25) is 9.36 Å². The van der Waals surface area contributed by atoms with Crippen molar-refractivity contribution in [3.05, 3.63) is 155 Å². The van der Waals surface area contributed by atoms with Crippen LogP contribution in [0.15, 0.2) is 122 Å². The molecule has 4 aromatic carbocycles. The van der Waals surface area contributed by atoms with Crippen LogP contribution >= 0.6 is 8.53 Å². The Hall–Kier alpha value is -5.20. The predicted molar refractivity (Wildman–Crippen MR) is 270 cm³/mol. The predicted octanol–water partition coefficient (Wildman–Crippen LogP) is 11.7. The molecule has 358 valence electrons. The largest absolute Gasteiger partial charge is 0.408 e. The Bertz CT molecular complexity index is 2580. The second-order valence-electron chi connectivity index (χ2n) is 19.5. The van der Waals surface area contributed by atoms with Crippen LogP contribution in [0.2, 0.25) is 18.1 Å². The Morgan fingerprint density at radius 1 is 0.838 bits per heavy atom. The number of anilines is 1. The maximum atomic E-state index is 13.5. The minimum Gasteiger partial charge on any atom is -0.408 e. The van der Waals surface area contributed by atoms with Gasteiger partial charge in [-0.25, -0.2) is 19.6 Å². The van der Waals surface area contributed by atoms with Gasteiger partial charge in [-0.15, -0.1) is 0 Å². The molecule has 1 amide bonds. The van der Waals surface area contributed by atoms with E-state index in [-0.39, 0.29) is 48.5 Å². The first kappa shape index (κ1) is 50.7. The van der Waals surface area contributed by atoms with Crippen molar-refractivity contribution in [2.24, 2.45) is 0 Å². The number of ether oxygens (including phenoxy) is 2. The molecule has 15 heteroatoms. The van der Waals surface area contributed by atoms with E-state index in [9.17, 15) is 10.1 Å². The molecule has 1 aliphatic rings. The third kappa shape index (κ3) is 11.0. The number of nitrogens with zero attached hydrogens (tertiary/aromatic N) is 6. The van der Waals surface area contributed by atoms with Crippen molar-refractivity contribution in [3.63, 3.8) is 0 Å². The normalized spacial score (nSPS) is 18.4. The molecule has 1 fully saturated rings. The fourth-order valence-electron chi connectivity index (χ4n) is 8.34. The van der Waals surface area contributed by atoms with E-state index >= 15 is 0 Å². The highest BCUT2D eigenvalue weighted by atomic mass is 31.2. The number of nitriles is 1. The molecule has 68 heavy (non-hydrogen) atoms. The third-order valence-corrected chi connectivity index (χ3v) is 19.5. The molecular weight excluding hydrogens is 890 g/mol. The zero-order chi connectivity index (χ0) is 48.8. The number of benzene rings is 4. The first-order chi connectivity index (χ1) is 32.4. The van der Waals surface area contributed by atoms with E-state index in [2.05, 4.69) is 157 Å². The summed E-state index contributed by atoms with van der Waals surface area (Å²) in [7, 11) is -4.42. The zero-order valence-corrected chi connectivity index (χ0v) is 43.1. The minimum atomic E-state index is -2.62. The molecule has 7 rings (SSSR count). The molecule has 13 nitrogen and oxygen atoms in total. The highest BCUT2D eigenvalue weighted by Gasteiger charge is 2.54. The standard InChI is InChI=1S/C53H66N7O6PSi/c1-36(2)60(37(3)4)67(63-32-18-31-54)65-47-46(66-68(10,11)52(7,8)9)44(64-51(47)59-35-57-45-48(55-34-56-49(45)59)58-50(61)40-19-14-12-15-20-40)33-62-53(41-21-16-13-17-22-41,42-27-23-38(5)24-28-42)43-29-25-39(6)26-30-43/h12-17,19-30,34-37,44,46-47,51H,18,32-33H2,1-11H3,(H,55,56,58,61)/t44-,46+,47?,51-,67?/m1/s1. The fourth-order valence-corrected chi connectivity index (χ4v) is 11.4. The van der Waals surface area contributed by atoms with E-state index in [1.54, 1.807) is 18.5 Å². The number of hydrogen-bond acceptors (Lipinski definition) is 11. The van der Waals surface area contributed by atoms with Crippen LogP contribution in [0.25, 0.3) is 11.2 Å². The van der Waals surface area contributed by atoms with Gasteiger partial charge in [-0.05, 0) is 88.5 Å². The Kier molecular flexibility index (Phi) is 16.1. The molecule has 0 bridgehead atoms. The number of aromatic nitrogens is 4. The van der Waals surface area contributed by atoms with Gasteiger partial charge in [0.25, 0.3) is 14.4 Å². The number of hydrogen-bond donors (Lipinski definition) is 1. The van der Waals surface area contributed by atoms with Crippen LogP contribution in [-0.4, -0.2) is 82.0 Å². The molecule has 2 aromatic heterocycles. The number of fused-ring (bicyclic) bond motifs is 1. The van der Waals surface area contributed by atoms with Gasteiger partial charge in [0.1, 0.15) is 30.2 Å². The number of aryl methyl sites for hydroxylation is 2. The summed E-state index contributed by atoms with van der Waals surface area (Å²) in [4.78, 5) is 27.5. The molecule has 6 aromatic rings. The molecule has 0 radical (unpaired) electrons. The molecule has 0 aliphatic carbocycles. The molecule has 2 unspecified atom stereocenters. The van der Waals surface area contributed by atoms with E-state index in [4.69, 9.17) is 32.9 Å². The number of rotatable bonds is 19. The third-order valence-electron chi connectivity index (χ3n) is 12.9. The lowest BCUT2D eigenvalue weighted by Gasteiger charge is -2.43. The molecule has 0 saturated carbocycles. The number of nitrogens with one attached hydrogen (secondary N) is 1. The molecule has 0 spiro atoms. The van der Waals surface area contributed by atoms with Gasteiger partial charge in [0.05, 0.1) is 32.0 Å². The van der Waals surface area contributed by atoms with Crippen molar-refractivity contribution in [1.29, 1.82) is 5.26 Å². The first-order valence-corrected chi connectivity index (χ1v) is 27.4. The van der Waals surface area contributed by atoms with Crippen LogP contribution in [0.5, 0.6) is 0 Å². The first-order valence-electron chi connectivity index (χ1n) is 23.4. The van der Waals surface area contributed by atoms with Crippen LogP contribution in [0, 0.1) is 25.2 Å². The summed E-state index contributed by atoms with van der Waals surface area (Å²) in [5.74, 6) is -0.0751. The average Bonchev–Trinajstić information content (AvgIpc) is 3.88. The molecule has 5 atom stereocenters. The topological polar surface area (TPSA) is 146 Å². The van der Waals surface area contributed by atoms with E-state index < -0.39 is 47.0 Å². The van der Waals surface area contributed by atoms with Crippen LogP contribution in [0.1, 0.15) is 99.3 Å². The number of amides is 1.